The molecule has 0 atom stereocenters. The van der Waals surface area contributed by atoms with Crippen molar-refractivity contribution in [3.05, 3.63) is 76.8 Å². The van der Waals surface area contributed by atoms with Gasteiger partial charge in [0.25, 0.3) is 5.91 Å². The average Bonchev–Trinajstić information content (AvgIpc) is 2.79. The fraction of sp³-hybridized carbons (Fsp3) is 0.208. The summed E-state index contributed by atoms with van der Waals surface area (Å²) in [6.45, 7) is 2.60. The first-order chi connectivity index (χ1) is 15.0. The van der Waals surface area contributed by atoms with E-state index >= 15 is 0 Å². The van der Waals surface area contributed by atoms with Crippen molar-refractivity contribution < 1.29 is 23.7 Å². The topological polar surface area (TPSA) is 66.0 Å². The molecule has 0 aliphatic rings. The smallest absolute Gasteiger partial charge is 0.255 e. The summed E-state index contributed by atoms with van der Waals surface area (Å²) >= 11 is 6.17. The van der Waals surface area contributed by atoms with Gasteiger partial charge in [-0.25, -0.2) is 0 Å². The van der Waals surface area contributed by atoms with Crippen LogP contribution in [0.2, 0.25) is 5.02 Å². The minimum absolute atomic E-state index is 0.205. The normalized spacial score (nSPS) is 10.3. The second kappa shape index (κ2) is 10.6. The van der Waals surface area contributed by atoms with Gasteiger partial charge in [0, 0.05) is 22.9 Å². The molecule has 6 nitrogen and oxygen atoms in total. The van der Waals surface area contributed by atoms with E-state index in [0.29, 0.717) is 45.9 Å². The molecule has 162 valence electrons. The highest BCUT2D eigenvalue weighted by atomic mass is 35.5. The van der Waals surface area contributed by atoms with E-state index < -0.39 is 0 Å². The molecule has 0 aromatic heterocycles. The molecule has 3 rings (SSSR count). The third-order valence-electron chi connectivity index (χ3n) is 4.48. The molecular weight excluding hydrogens is 418 g/mol. The maximum Gasteiger partial charge on any atom is 0.255 e. The summed E-state index contributed by atoms with van der Waals surface area (Å²) in [6.07, 6.45) is 0. The van der Waals surface area contributed by atoms with Gasteiger partial charge in [-0.05, 0) is 49.4 Å². The van der Waals surface area contributed by atoms with Crippen LogP contribution in [0.4, 0.5) is 5.69 Å². The first-order valence-corrected chi connectivity index (χ1v) is 10.1. The van der Waals surface area contributed by atoms with Crippen molar-refractivity contribution in [2.24, 2.45) is 0 Å². The minimum atomic E-state index is -0.269. The SMILES string of the molecule is CCOc1ccc(C(=O)Nc2ccc(OC)c(OC)c2)cc1COc1ccccc1Cl. The molecule has 0 radical (unpaired) electrons. The Labute approximate surface area is 186 Å². The molecular formula is C24H24ClNO5. The molecule has 3 aromatic rings. The van der Waals surface area contributed by atoms with Gasteiger partial charge in [0.2, 0.25) is 0 Å². The van der Waals surface area contributed by atoms with Gasteiger partial charge >= 0.3 is 0 Å². The predicted molar refractivity (Wildman–Crippen MR) is 121 cm³/mol. The zero-order chi connectivity index (χ0) is 22.2. The van der Waals surface area contributed by atoms with Crippen LogP contribution in [0.15, 0.2) is 60.7 Å². The first kappa shape index (κ1) is 22.3. The van der Waals surface area contributed by atoms with Crippen molar-refractivity contribution in [1.82, 2.24) is 0 Å². The molecule has 0 unspecified atom stereocenters. The predicted octanol–water partition coefficient (Wildman–Crippen LogP) is 5.59. The third-order valence-corrected chi connectivity index (χ3v) is 4.80. The molecule has 7 heteroatoms. The number of carbonyl (C=O) groups excluding carboxylic acids is 1. The number of ether oxygens (including phenoxy) is 4. The number of anilines is 1. The van der Waals surface area contributed by atoms with Crippen molar-refractivity contribution >= 4 is 23.2 Å². The van der Waals surface area contributed by atoms with Crippen molar-refractivity contribution in [3.63, 3.8) is 0 Å². The number of para-hydroxylation sites is 1. The van der Waals surface area contributed by atoms with Crippen molar-refractivity contribution in [2.45, 2.75) is 13.5 Å². The molecule has 0 aliphatic carbocycles. The summed E-state index contributed by atoms with van der Waals surface area (Å²) in [5, 5.41) is 3.39. The summed E-state index contributed by atoms with van der Waals surface area (Å²) in [5.74, 6) is 2.06. The Kier molecular flexibility index (Phi) is 7.62. The summed E-state index contributed by atoms with van der Waals surface area (Å²) in [5.41, 5.74) is 1.79. The Morgan fingerprint density at radius 1 is 0.871 bits per heavy atom. The van der Waals surface area contributed by atoms with E-state index in [1.807, 2.05) is 19.1 Å². The van der Waals surface area contributed by atoms with Gasteiger partial charge < -0.3 is 24.3 Å². The maximum absolute atomic E-state index is 12.8. The molecule has 0 aliphatic heterocycles. The number of carbonyl (C=O) groups is 1. The summed E-state index contributed by atoms with van der Waals surface area (Å²) in [6, 6.07) is 17.6. The number of nitrogens with one attached hydrogen (secondary N) is 1. The zero-order valence-electron chi connectivity index (χ0n) is 17.6. The van der Waals surface area contributed by atoms with Crippen LogP contribution in [0.5, 0.6) is 23.0 Å². The molecule has 1 amide bonds. The fourth-order valence-electron chi connectivity index (χ4n) is 2.96. The fourth-order valence-corrected chi connectivity index (χ4v) is 3.15. The molecule has 0 bridgehead atoms. The molecule has 3 aromatic carbocycles. The van der Waals surface area contributed by atoms with Gasteiger partial charge in [-0.15, -0.1) is 0 Å². The molecule has 0 heterocycles. The Morgan fingerprint density at radius 2 is 1.61 bits per heavy atom. The second-order valence-corrected chi connectivity index (χ2v) is 6.91. The van der Waals surface area contributed by atoms with Gasteiger partial charge in [0.05, 0.1) is 25.8 Å². The number of benzene rings is 3. The Hall–Kier alpha value is -3.38. The van der Waals surface area contributed by atoms with E-state index in [9.17, 15) is 4.79 Å². The van der Waals surface area contributed by atoms with Crippen LogP contribution >= 0.6 is 11.6 Å². The van der Waals surface area contributed by atoms with Gasteiger partial charge in [-0.3, -0.25) is 4.79 Å². The Balaban J connectivity index is 1.80. The number of halogens is 1. The Morgan fingerprint density at radius 3 is 2.32 bits per heavy atom. The van der Waals surface area contributed by atoms with E-state index in [4.69, 9.17) is 30.5 Å². The van der Waals surface area contributed by atoms with Crippen LogP contribution in [0.25, 0.3) is 0 Å². The lowest BCUT2D eigenvalue weighted by molar-refractivity contribution is 0.102. The highest BCUT2D eigenvalue weighted by molar-refractivity contribution is 6.32. The zero-order valence-corrected chi connectivity index (χ0v) is 18.4. The van der Waals surface area contributed by atoms with Gasteiger partial charge in [0.1, 0.15) is 18.1 Å². The minimum Gasteiger partial charge on any atom is -0.493 e. The van der Waals surface area contributed by atoms with Crippen LogP contribution < -0.4 is 24.3 Å². The molecule has 31 heavy (non-hydrogen) atoms. The molecule has 0 saturated heterocycles. The number of hydrogen-bond acceptors (Lipinski definition) is 5. The first-order valence-electron chi connectivity index (χ1n) is 9.72. The highest BCUT2D eigenvalue weighted by Gasteiger charge is 2.13. The summed E-state index contributed by atoms with van der Waals surface area (Å²) in [7, 11) is 3.10. The molecule has 0 fully saturated rings. The van der Waals surface area contributed by atoms with Crippen molar-refractivity contribution in [1.29, 1.82) is 0 Å². The number of rotatable bonds is 9. The largest absolute Gasteiger partial charge is 0.493 e. The number of amides is 1. The standard InChI is InChI=1S/C24H24ClNO5/c1-4-30-20-11-9-16(13-17(20)15-31-21-8-6-5-7-19(21)25)24(27)26-18-10-12-22(28-2)23(14-18)29-3/h5-14H,4,15H2,1-3H3,(H,26,27). The van der Waals surface area contributed by atoms with Crippen LogP contribution in [-0.2, 0) is 6.61 Å². The summed E-state index contributed by atoms with van der Waals surface area (Å²) < 4.78 is 22.1. The van der Waals surface area contributed by atoms with Gasteiger partial charge in [-0.1, -0.05) is 23.7 Å². The molecule has 0 saturated carbocycles. The number of methoxy groups -OCH3 is 2. The number of hydrogen-bond donors (Lipinski definition) is 1. The highest BCUT2D eigenvalue weighted by Crippen LogP contribution is 2.30. The maximum atomic E-state index is 12.8. The van der Waals surface area contributed by atoms with E-state index in [1.165, 1.54) is 0 Å². The van der Waals surface area contributed by atoms with Crippen LogP contribution in [0.1, 0.15) is 22.8 Å². The Bertz CT molecular complexity index is 1050. The van der Waals surface area contributed by atoms with Crippen LogP contribution in [-0.4, -0.2) is 26.7 Å². The van der Waals surface area contributed by atoms with Gasteiger partial charge in [0.15, 0.2) is 11.5 Å². The monoisotopic (exact) mass is 441 g/mol. The van der Waals surface area contributed by atoms with Gasteiger partial charge in [-0.2, -0.15) is 0 Å². The van der Waals surface area contributed by atoms with Crippen LogP contribution in [0, 0.1) is 0 Å². The average molecular weight is 442 g/mol. The van der Waals surface area contributed by atoms with E-state index in [0.717, 1.165) is 5.56 Å². The van der Waals surface area contributed by atoms with Crippen molar-refractivity contribution in [3.8, 4) is 23.0 Å². The molecule has 0 spiro atoms. The third kappa shape index (κ3) is 5.61. The lowest BCUT2D eigenvalue weighted by Crippen LogP contribution is -2.13. The van der Waals surface area contributed by atoms with Crippen LogP contribution in [0.3, 0.4) is 0 Å². The summed E-state index contributed by atoms with van der Waals surface area (Å²) in [4.78, 5) is 12.8. The van der Waals surface area contributed by atoms with E-state index in [1.54, 1.807) is 62.8 Å². The van der Waals surface area contributed by atoms with Crippen molar-refractivity contribution in [2.75, 3.05) is 26.1 Å². The quantitative estimate of drug-likeness (QED) is 0.469. The lowest BCUT2D eigenvalue weighted by atomic mass is 10.1. The second-order valence-electron chi connectivity index (χ2n) is 6.50. The molecule has 1 N–H and O–H groups in total. The van der Waals surface area contributed by atoms with E-state index in [-0.39, 0.29) is 12.5 Å². The lowest BCUT2D eigenvalue weighted by Gasteiger charge is -2.14. The van der Waals surface area contributed by atoms with E-state index in [2.05, 4.69) is 5.32 Å².